The van der Waals surface area contributed by atoms with Crippen LogP contribution >= 0.6 is 11.6 Å². The Kier molecular flexibility index (Phi) is 12.7. The van der Waals surface area contributed by atoms with Crippen molar-refractivity contribution in [1.82, 2.24) is 15.2 Å². The number of alkyl halides is 1. The fourth-order valence-corrected chi connectivity index (χ4v) is 6.52. The lowest BCUT2D eigenvalue weighted by molar-refractivity contribution is -0.153. The molecule has 46 heavy (non-hydrogen) atoms. The summed E-state index contributed by atoms with van der Waals surface area (Å²) in [6.45, 7) is 3.38. The lowest BCUT2D eigenvalue weighted by Crippen LogP contribution is -2.44. The summed E-state index contributed by atoms with van der Waals surface area (Å²) in [6.07, 6.45) is 3.28. The molecule has 250 valence electrons. The van der Waals surface area contributed by atoms with E-state index in [1.165, 1.54) is 31.5 Å². The number of aromatic nitrogens is 1. The average Bonchev–Trinajstić information content (AvgIpc) is 3.06. The molecule has 0 radical (unpaired) electrons. The predicted molar refractivity (Wildman–Crippen MR) is 170 cm³/mol. The number of rotatable bonds is 11. The standard InChI is InChI=1S/C28H30ClF3N2O3.C6H11NO2/c1-37-18-7-8-25-20(16-18)26(21(29)17-33-25)24(32)9-10-28(27(35)36)11-14-34(15-12-28)13-3-4-19-22(30)5-2-6-23(19)31;8-6(9)5-1-3-7-4-2-5/h2,5-8,16-17,24H,3-4,9-15H2,1H3,(H,35,36);5,7H,1-4H2,(H,8,9). The summed E-state index contributed by atoms with van der Waals surface area (Å²) in [5.74, 6) is -2.21. The van der Waals surface area contributed by atoms with Crippen molar-refractivity contribution in [3.8, 4) is 5.75 Å². The van der Waals surface area contributed by atoms with Crippen LogP contribution in [0.25, 0.3) is 10.9 Å². The molecule has 1 aromatic heterocycles. The largest absolute Gasteiger partial charge is 0.497 e. The molecule has 2 aliphatic heterocycles. The molecule has 8 nitrogen and oxygen atoms in total. The Labute approximate surface area is 271 Å². The van der Waals surface area contributed by atoms with Gasteiger partial charge in [0.15, 0.2) is 0 Å². The molecule has 2 aliphatic rings. The topological polar surface area (TPSA) is 112 Å². The maximum absolute atomic E-state index is 15.6. The predicted octanol–water partition coefficient (Wildman–Crippen LogP) is 6.84. The van der Waals surface area contributed by atoms with Gasteiger partial charge in [-0.25, -0.2) is 13.2 Å². The van der Waals surface area contributed by atoms with Crippen LogP contribution in [0.5, 0.6) is 5.75 Å². The van der Waals surface area contributed by atoms with E-state index in [1.807, 2.05) is 0 Å². The Balaban J connectivity index is 0.000000459. The van der Waals surface area contributed by atoms with E-state index in [4.69, 9.17) is 21.4 Å². The van der Waals surface area contributed by atoms with Gasteiger partial charge in [-0.3, -0.25) is 14.6 Å². The van der Waals surface area contributed by atoms with Gasteiger partial charge in [0, 0.05) is 22.7 Å². The van der Waals surface area contributed by atoms with Crippen LogP contribution in [-0.4, -0.2) is 71.9 Å². The van der Waals surface area contributed by atoms with E-state index in [2.05, 4.69) is 15.2 Å². The highest BCUT2D eigenvalue weighted by atomic mass is 35.5. The van der Waals surface area contributed by atoms with Crippen molar-refractivity contribution >= 4 is 34.4 Å². The number of hydrogen-bond acceptors (Lipinski definition) is 6. The first-order chi connectivity index (χ1) is 22.0. The Morgan fingerprint density at radius 1 is 1.13 bits per heavy atom. The molecule has 2 saturated heterocycles. The smallest absolute Gasteiger partial charge is 0.309 e. The Bertz CT molecular complexity index is 1480. The Hall–Kier alpha value is -3.41. The third-order valence-corrected chi connectivity index (χ3v) is 9.48. The monoisotopic (exact) mass is 663 g/mol. The maximum atomic E-state index is 15.6. The molecule has 12 heteroatoms. The molecule has 3 N–H and O–H groups in total. The summed E-state index contributed by atoms with van der Waals surface area (Å²) < 4.78 is 48.6. The zero-order valence-electron chi connectivity index (χ0n) is 25.9. The van der Waals surface area contributed by atoms with E-state index in [0.717, 1.165) is 25.9 Å². The number of nitrogens with zero attached hydrogens (tertiary/aromatic N) is 2. The minimum absolute atomic E-state index is 0.00883. The molecular weight excluding hydrogens is 623 g/mol. The summed E-state index contributed by atoms with van der Waals surface area (Å²) in [5.41, 5.74) is -0.0811. The second kappa shape index (κ2) is 16.4. The Morgan fingerprint density at radius 3 is 2.39 bits per heavy atom. The number of nitrogens with one attached hydrogen (secondary N) is 1. The van der Waals surface area contributed by atoms with Crippen molar-refractivity contribution in [3.63, 3.8) is 0 Å². The molecule has 1 atom stereocenters. The van der Waals surface area contributed by atoms with Gasteiger partial charge in [0.05, 0.1) is 29.0 Å². The first-order valence-corrected chi connectivity index (χ1v) is 16.0. The van der Waals surface area contributed by atoms with Crippen LogP contribution in [-0.2, 0) is 16.0 Å². The van der Waals surface area contributed by atoms with Crippen molar-refractivity contribution in [2.75, 3.05) is 39.8 Å². The van der Waals surface area contributed by atoms with Crippen LogP contribution in [0.4, 0.5) is 13.2 Å². The van der Waals surface area contributed by atoms with E-state index < -0.39 is 35.2 Å². The third-order valence-electron chi connectivity index (χ3n) is 9.18. The number of pyridine rings is 1. The van der Waals surface area contributed by atoms with Crippen LogP contribution in [0.1, 0.15) is 62.2 Å². The van der Waals surface area contributed by atoms with E-state index in [-0.39, 0.29) is 35.8 Å². The summed E-state index contributed by atoms with van der Waals surface area (Å²) in [6, 6.07) is 8.99. The van der Waals surface area contributed by atoms with Gasteiger partial charge in [0.25, 0.3) is 0 Å². The van der Waals surface area contributed by atoms with Gasteiger partial charge in [0.2, 0.25) is 0 Å². The molecule has 2 aromatic carbocycles. The zero-order valence-corrected chi connectivity index (χ0v) is 26.7. The fourth-order valence-electron chi connectivity index (χ4n) is 6.26. The van der Waals surface area contributed by atoms with Crippen molar-refractivity contribution in [2.24, 2.45) is 11.3 Å². The normalized spacial score (nSPS) is 17.6. The number of methoxy groups -OCH3 is 1. The van der Waals surface area contributed by atoms with E-state index in [9.17, 15) is 23.5 Å². The first kappa shape index (κ1) is 35.4. The SMILES string of the molecule is COc1ccc2ncc(Cl)c(C(F)CCC3(C(=O)O)CCN(CCCc4c(F)cccc4F)CC3)c2c1.O=C(O)C1CCNCC1. The molecule has 0 aliphatic carbocycles. The average molecular weight is 664 g/mol. The van der Waals surface area contributed by atoms with E-state index >= 15 is 4.39 Å². The number of benzene rings is 2. The maximum Gasteiger partial charge on any atom is 0.309 e. The van der Waals surface area contributed by atoms with Gasteiger partial charge in [-0.1, -0.05) is 17.7 Å². The number of ether oxygens (including phenoxy) is 1. The summed E-state index contributed by atoms with van der Waals surface area (Å²) in [5, 5.41) is 22.4. The number of carboxylic acids is 2. The molecule has 0 amide bonds. The first-order valence-electron chi connectivity index (χ1n) is 15.6. The number of carbonyl (C=O) groups is 2. The minimum Gasteiger partial charge on any atom is -0.497 e. The zero-order chi connectivity index (χ0) is 33.3. The summed E-state index contributed by atoms with van der Waals surface area (Å²) >= 11 is 6.33. The molecule has 0 bridgehead atoms. The highest BCUT2D eigenvalue weighted by Crippen LogP contribution is 2.42. The quantitative estimate of drug-likeness (QED) is 0.205. The molecular formula is C34H41ClF3N3O5. The number of likely N-dealkylation sites (tertiary alicyclic amines) is 1. The molecule has 1 unspecified atom stereocenters. The van der Waals surface area contributed by atoms with Gasteiger partial charge in [0.1, 0.15) is 23.6 Å². The molecule has 3 aromatic rings. The number of carboxylic acid groups (broad SMARTS) is 2. The highest BCUT2D eigenvalue weighted by Gasteiger charge is 2.41. The minimum atomic E-state index is -1.46. The second-order valence-corrected chi connectivity index (χ2v) is 12.4. The van der Waals surface area contributed by atoms with E-state index in [0.29, 0.717) is 61.1 Å². The summed E-state index contributed by atoms with van der Waals surface area (Å²) in [4.78, 5) is 29.0. The number of aliphatic carboxylic acids is 2. The highest BCUT2D eigenvalue weighted by molar-refractivity contribution is 6.32. The van der Waals surface area contributed by atoms with Crippen molar-refractivity contribution in [3.05, 3.63) is 70.4 Å². The molecule has 0 saturated carbocycles. The molecule has 5 rings (SSSR count). The van der Waals surface area contributed by atoms with Crippen LogP contribution in [0.15, 0.2) is 42.6 Å². The van der Waals surface area contributed by atoms with Gasteiger partial charge >= 0.3 is 11.9 Å². The van der Waals surface area contributed by atoms with Crippen LogP contribution in [0, 0.1) is 23.0 Å². The second-order valence-electron chi connectivity index (χ2n) is 12.0. The lowest BCUT2D eigenvalue weighted by Gasteiger charge is -2.39. The number of halogens is 4. The van der Waals surface area contributed by atoms with Crippen molar-refractivity contribution in [1.29, 1.82) is 0 Å². The van der Waals surface area contributed by atoms with Crippen LogP contribution in [0.2, 0.25) is 5.02 Å². The van der Waals surface area contributed by atoms with Gasteiger partial charge < -0.3 is 25.2 Å². The number of hydrogen-bond donors (Lipinski definition) is 3. The number of fused-ring (bicyclic) bond motifs is 1. The molecule has 3 heterocycles. The van der Waals surface area contributed by atoms with Crippen molar-refractivity contribution < 1.29 is 37.7 Å². The fraction of sp³-hybridized carbons (Fsp3) is 0.500. The summed E-state index contributed by atoms with van der Waals surface area (Å²) in [7, 11) is 1.52. The third kappa shape index (κ3) is 8.89. The van der Waals surface area contributed by atoms with Crippen LogP contribution in [0.3, 0.4) is 0 Å². The number of piperidine rings is 2. The van der Waals surface area contributed by atoms with E-state index in [1.54, 1.807) is 18.2 Å². The lowest BCUT2D eigenvalue weighted by atomic mass is 9.74. The van der Waals surface area contributed by atoms with Crippen molar-refractivity contribution in [2.45, 2.75) is 57.5 Å². The van der Waals surface area contributed by atoms with Gasteiger partial charge in [-0.15, -0.1) is 0 Å². The van der Waals surface area contributed by atoms with Gasteiger partial charge in [-0.2, -0.15) is 0 Å². The molecule has 2 fully saturated rings. The van der Waals surface area contributed by atoms with Gasteiger partial charge in [-0.05, 0) is 114 Å². The molecule has 0 spiro atoms. The Morgan fingerprint density at radius 2 is 1.80 bits per heavy atom. The van der Waals surface area contributed by atoms with Crippen LogP contribution < -0.4 is 10.1 Å².